The number of aliphatic hydroxyl groups is 1. The average molecular weight is 286 g/mol. The molecule has 4 nitrogen and oxygen atoms in total. The van der Waals surface area contributed by atoms with Gasteiger partial charge >= 0.3 is 0 Å². The summed E-state index contributed by atoms with van der Waals surface area (Å²) in [6.07, 6.45) is 1.82. The molecule has 19 heavy (non-hydrogen) atoms. The predicted molar refractivity (Wildman–Crippen MR) is 64.6 cm³/mol. The van der Waals surface area contributed by atoms with E-state index in [1.165, 1.54) is 0 Å². The average Bonchev–Trinajstić information content (AvgIpc) is 3.13. The summed E-state index contributed by atoms with van der Waals surface area (Å²) in [5.41, 5.74) is 0.000926. The number of hydrogen-bond acceptors (Lipinski definition) is 3. The van der Waals surface area contributed by atoms with Crippen molar-refractivity contribution >= 4 is 11.6 Å². The third kappa shape index (κ3) is 2.11. The minimum atomic E-state index is -0.714. The van der Waals surface area contributed by atoms with Gasteiger partial charge in [0.25, 0.3) is 0 Å². The van der Waals surface area contributed by atoms with Crippen LogP contribution in [0.1, 0.15) is 24.7 Å². The Balaban J connectivity index is 2.17. The van der Waals surface area contributed by atoms with Crippen molar-refractivity contribution in [2.24, 2.45) is 0 Å². The van der Waals surface area contributed by atoms with E-state index in [0.29, 0.717) is 5.82 Å². The van der Waals surface area contributed by atoms with E-state index in [2.05, 4.69) is 10.2 Å². The topological polar surface area (TPSA) is 50.9 Å². The first kappa shape index (κ1) is 12.5. The lowest BCUT2D eigenvalue weighted by molar-refractivity contribution is 0.265. The molecule has 1 aromatic carbocycles. The van der Waals surface area contributed by atoms with Gasteiger partial charge in [0.1, 0.15) is 18.2 Å². The molecule has 1 N–H and O–H groups in total. The summed E-state index contributed by atoms with van der Waals surface area (Å²) in [4.78, 5) is 0. The largest absolute Gasteiger partial charge is 0.388 e. The third-order valence-corrected chi connectivity index (χ3v) is 3.36. The molecule has 0 bridgehead atoms. The van der Waals surface area contributed by atoms with Gasteiger partial charge in [-0.2, -0.15) is 0 Å². The fourth-order valence-corrected chi connectivity index (χ4v) is 2.18. The Morgan fingerprint density at radius 3 is 2.63 bits per heavy atom. The smallest absolute Gasteiger partial charge is 0.167 e. The first-order valence-corrected chi connectivity index (χ1v) is 6.19. The molecule has 1 heterocycles. The van der Waals surface area contributed by atoms with Crippen LogP contribution in [-0.4, -0.2) is 19.9 Å². The Bertz CT molecular complexity index is 640. The molecule has 0 atom stereocenters. The number of aromatic nitrogens is 3. The molecule has 0 unspecified atom stereocenters. The lowest BCUT2D eigenvalue weighted by Gasteiger charge is -2.09. The maximum atomic E-state index is 13.9. The van der Waals surface area contributed by atoms with Crippen molar-refractivity contribution in [3.05, 3.63) is 34.6 Å². The maximum Gasteiger partial charge on any atom is 0.167 e. The quantitative estimate of drug-likeness (QED) is 0.882. The van der Waals surface area contributed by atoms with Crippen molar-refractivity contribution in [1.29, 1.82) is 0 Å². The third-order valence-electron chi connectivity index (χ3n) is 3.07. The van der Waals surface area contributed by atoms with E-state index in [-0.39, 0.29) is 29.1 Å². The first-order chi connectivity index (χ1) is 9.11. The van der Waals surface area contributed by atoms with Crippen LogP contribution in [0.25, 0.3) is 11.4 Å². The van der Waals surface area contributed by atoms with Crippen molar-refractivity contribution < 1.29 is 13.9 Å². The molecule has 0 amide bonds. The number of nitrogens with zero attached hydrogens (tertiary/aromatic N) is 3. The number of benzene rings is 1. The van der Waals surface area contributed by atoms with Crippen LogP contribution >= 0.6 is 11.6 Å². The molecule has 1 aromatic heterocycles. The highest BCUT2D eigenvalue weighted by molar-refractivity contribution is 6.30. The van der Waals surface area contributed by atoms with E-state index in [4.69, 9.17) is 11.6 Å². The van der Waals surface area contributed by atoms with Crippen LogP contribution in [0.2, 0.25) is 5.02 Å². The van der Waals surface area contributed by atoms with Gasteiger partial charge in [0.05, 0.1) is 10.6 Å². The van der Waals surface area contributed by atoms with E-state index in [0.717, 1.165) is 25.0 Å². The van der Waals surface area contributed by atoms with Crippen LogP contribution in [-0.2, 0) is 6.61 Å². The Morgan fingerprint density at radius 2 is 2.00 bits per heavy atom. The predicted octanol–water partition coefficient (Wildman–Crippen LogP) is 2.70. The van der Waals surface area contributed by atoms with Gasteiger partial charge in [0, 0.05) is 6.04 Å². The second-order valence-electron chi connectivity index (χ2n) is 4.45. The summed E-state index contributed by atoms with van der Waals surface area (Å²) in [5.74, 6) is -0.800. The van der Waals surface area contributed by atoms with Gasteiger partial charge in [0.15, 0.2) is 11.6 Å². The Labute approximate surface area is 112 Å². The molecule has 1 saturated carbocycles. The van der Waals surface area contributed by atoms with Gasteiger partial charge in [-0.15, -0.1) is 10.2 Å². The van der Waals surface area contributed by atoms with Crippen LogP contribution in [0.3, 0.4) is 0 Å². The van der Waals surface area contributed by atoms with Crippen LogP contribution in [0.15, 0.2) is 12.1 Å². The van der Waals surface area contributed by atoms with E-state index in [1.54, 1.807) is 4.57 Å². The zero-order chi connectivity index (χ0) is 13.6. The molecule has 0 saturated heterocycles. The van der Waals surface area contributed by atoms with Crippen LogP contribution in [0, 0.1) is 11.6 Å². The van der Waals surface area contributed by atoms with Crippen molar-refractivity contribution in [2.45, 2.75) is 25.5 Å². The highest BCUT2D eigenvalue weighted by atomic mass is 35.5. The molecule has 3 rings (SSSR count). The van der Waals surface area contributed by atoms with Crippen LogP contribution in [0.5, 0.6) is 0 Å². The fourth-order valence-electron chi connectivity index (χ4n) is 2.03. The van der Waals surface area contributed by atoms with Gasteiger partial charge < -0.3 is 9.67 Å². The molecule has 1 aliphatic rings. The summed E-state index contributed by atoms with van der Waals surface area (Å²) in [5, 5.41) is 16.6. The summed E-state index contributed by atoms with van der Waals surface area (Å²) >= 11 is 5.52. The van der Waals surface area contributed by atoms with Gasteiger partial charge in [-0.3, -0.25) is 0 Å². The molecular formula is C12H10ClF2N3O. The minimum Gasteiger partial charge on any atom is -0.388 e. The monoisotopic (exact) mass is 285 g/mol. The molecular weight excluding hydrogens is 276 g/mol. The number of halogens is 3. The summed E-state index contributed by atoms with van der Waals surface area (Å²) in [6.45, 7) is -0.290. The van der Waals surface area contributed by atoms with Crippen molar-refractivity contribution in [1.82, 2.24) is 14.8 Å². The Kier molecular flexibility index (Phi) is 2.99. The van der Waals surface area contributed by atoms with Gasteiger partial charge in [-0.05, 0) is 25.0 Å². The van der Waals surface area contributed by atoms with Crippen molar-refractivity contribution in [3.63, 3.8) is 0 Å². The molecule has 1 fully saturated rings. The molecule has 100 valence electrons. The zero-order valence-electron chi connectivity index (χ0n) is 9.78. The fraction of sp³-hybridized carbons (Fsp3) is 0.333. The molecule has 0 radical (unpaired) electrons. The van der Waals surface area contributed by atoms with E-state index < -0.39 is 11.6 Å². The molecule has 7 heteroatoms. The van der Waals surface area contributed by atoms with Crippen LogP contribution in [0.4, 0.5) is 8.78 Å². The minimum absolute atomic E-state index is 0.000926. The standard InChI is InChI=1S/C12H10ClF2N3O/c13-8-4-9(14)7(3-10(8)15)12-17-16-11(5-19)18(12)6-1-2-6/h3-4,6,19H,1-2,5H2. The van der Waals surface area contributed by atoms with Crippen molar-refractivity contribution in [2.75, 3.05) is 0 Å². The highest BCUT2D eigenvalue weighted by Gasteiger charge is 2.30. The second kappa shape index (κ2) is 4.54. The van der Waals surface area contributed by atoms with Crippen molar-refractivity contribution in [3.8, 4) is 11.4 Å². The second-order valence-corrected chi connectivity index (χ2v) is 4.85. The zero-order valence-corrected chi connectivity index (χ0v) is 10.5. The van der Waals surface area contributed by atoms with Gasteiger partial charge in [-0.25, -0.2) is 8.78 Å². The number of hydrogen-bond donors (Lipinski definition) is 1. The lowest BCUT2D eigenvalue weighted by Crippen LogP contribution is -2.04. The van der Waals surface area contributed by atoms with Gasteiger partial charge in [-0.1, -0.05) is 11.6 Å². The SMILES string of the molecule is OCc1nnc(-c2cc(F)c(Cl)cc2F)n1C1CC1. The molecule has 2 aromatic rings. The van der Waals surface area contributed by atoms with E-state index in [1.807, 2.05) is 0 Å². The lowest BCUT2D eigenvalue weighted by atomic mass is 10.2. The van der Waals surface area contributed by atoms with Gasteiger partial charge in [0.2, 0.25) is 0 Å². The number of aliphatic hydroxyl groups excluding tert-OH is 1. The molecule has 1 aliphatic carbocycles. The Morgan fingerprint density at radius 1 is 1.26 bits per heavy atom. The molecule has 0 spiro atoms. The first-order valence-electron chi connectivity index (χ1n) is 5.81. The highest BCUT2D eigenvalue weighted by Crippen LogP contribution is 2.39. The summed E-state index contributed by atoms with van der Waals surface area (Å²) < 4.78 is 29.0. The van der Waals surface area contributed by atoms with E-state index >= 15 is 0 Å². The number of rotatable bonds is 3. The van der Waals surface area contributed by atoms with E-state index in [9.17, 15) is 13.9 Å². The summed E-state index contributed by atoms with van der Waals surface area (Å²) in [7, 11) is 0. The normalized spacial score (nSPS) is 14.9. The summed E-state index contributed by atoms with van der Waals surface area (Å²) in [6, 6.07) is 2.06. The van der Waals surface area contributed by atoms with Crippen LogP contribution < -0.4 is 0 Å². The molecule has 0 aliphatic heterocycles. The maximum absolute atomic E-state index is 13.9. The Hall–Kier alpha value is -1.53.